The van der Waals surface area contributed by atoms with Crippen molar-refractivity contribution in [3.05, 3.63) is 57.4 Å². The fraction of sp³-hybridized carbons (Fsp3) is 0.500. The van der Waals surface area contributed by atoms with Crippen molar-refractivity contribution in [1.29, 1.82) is 0 Å². The van der Waals surface area contributed by atoms with E-state index in [0.29, 0.717) is 28.3 Å². The van der Waals surface area contributed by atoms with Crippen molar-refractivity contribution in [3.63, 3.8) is 0 Å². The molecule has 0 spiro atoms. The third kappa shape index (κ3) is 4.58. The molecule has 0 radical (unpaired) electrons. The van der Waals surface area contributed by atoms with Gasteiger partial charge >= 0.3 is 11.9 Å². The number of methoxy groups -OCH3 is 1. The summed E-state index contributed by atoms with van der Waals surface area (Å²) in [4.78, 5) is 39.6. The van der Waals surface area contributed by atoms with E-state index in [0.717, 1.165) is 43.4 Å². The maximum Gasteiger partial charge on any atom is 0.337 e. The number of benzene rings is 1. The van der Waals surface area contributed by atoms with E-state index >= 15 is 0 Å². The summed E-state index contributed by atoms with van der Waals surface area (Å²) in [6, 6.07) is 7.13. The lowest BCUT2D eigenvalue weighted by Crippen LogP contribution is -2.43. The molecule has 33 heavy (non-hydrogen) atoms. The molecule has 3 aliphatic rings. The zero-order valence-corrected chi connectivity index (χ0v) is 20.0. The van der Waals surface area contributed by atoms with Crippen LogP contribution in [0.15, 0.2) is 46.8 Å². The van der Waals surface area contributed by atoms with Crippen molar-refractivity contribution in [2.75, 3.05) is 7.11 Å². The Kier molecular flexibility index (Phi) is 6.94. The van der Waals surface area contributed by atoms with Gasteiger partial charge in [0.05, 0.1) is 12.7 Å². The van der Waals surface area contributed by atoms with Crippen LogP contribution in [0.25, 0.3) is 0 Å². The molecule has 1 saturated carbocycles. The zero-order chi connectivity index (χ0) is 23.7. The highest BCUT2D eigenvalue weighted by Crippen LogP contribution is 2.45. The van der Waals surface area contributed by atoms with Crippen molar-refractivity contribution < 1.29 is 23.9 Å². The molecule has 1 aliphatic heterocycles. The average molecular weight is 472 g/mol. The lowest BCUT2D eigenvalue weighted by atomic mass is 9.69. The molecule has 7 heteroatoms. The van der Waals surface area contributed by atoms with Crippen molar-refractivity contribution in [2.24, 2.45) is 11.8 Å². The van der Waals surface area contributed by atoms with Crippen molar-refractivity contribution >= 4 is 29.3 Å². The Labute approximate surface area is 199 Å². The fourth-order valence-electron chi connectivity index (χ4n) is 5.34. The van der Waals surface area contributed by atoms with Gasteiger partial charge in [0.1, 0.15) is 12.0 Å². The van der Waals surface area contributed by atoms with Gasteiger partial charge in [0.15, 0.2) is 5.78 Å². The van der Waals surface area contributed by atoms with E-state index in [1.54, 1.807) is 12.1 Å². The second kappa shape index (κ2) is 9.72. The van der Waals surface area contributed by atoms with Crippen LogP contribution in [0.1, 0.15) is 63.9 Å². The predicted octanol–water partition coefficient (Wildman–Crippen LogP) is 4.83. The molecule has 2 aliphatic carbocycles. The Morgan fingerprint density at radius 3 is 2.39 bits per heavy atom. The first-order chi connectivity index (χ1) is 15.8. The molecular formula is C26H30ClNO5. The normalized spacial score (nSPS) is 25.9. The monoisotopic (exact) mass is 471 g/mol. The van der Waals surface area contributed by atoms with E-state index in [-0.39, 0.29) is 17.8 Å². The van der Waals surface area contributed by atoms with Crippen LogP contribution in [-0.4, -0.2) is 30.9 Å². The molecular weight excluding hydrogens is 442 g/mol. The number of ketones is 1. The first-order valence-electron chi connectivity index (χ1n) is 11.6. The van der Waals surface area contributed by atoms with E-state index < -0.39 is 23.8 Å². The average Bonchev–Trinajstić information content (AvgIpc) is 2.79. The molecule has 1 fully saturated rings. The number of rotatable bonds is 4. The number of nitrogens with one attached hydrogen (secondary N) is 1. The van der Waals surface area contributed by atoms with Crippen LogP contribution in [0.2, 0.25) is 5.02 Å². The predicted molar refractivity (Wildman–Crippen MR) is 124 cm³/mol. The summed E-state index contributed by atoms with van der Waals surface area (Å²) in [5.41, 5.74) is 3.03. The molecule has 0 saturated heterocycles. The Hall–Kier alpha value is -2.60. The van der Waals surface area contributed by atoms with Crippen molar-refractivity contribution in [2.45, 2.75) is 64.4 Å². The van der Waals surface area contributed by atoms with Crippen LogP contribution in [0.5, 0.6) is 0 Å². The summed E-state index contributed by atoms with van der Waals surface area (Å²) in [6.45, 7) is 3.71. The minimum absolute atomic E-state index is 0.113. The van der Waals surface area contributed by atoms with Gasteiger partial charge in [0, 0.05) is 27.9 Å². The molecule has 0 amide bonds. The Balaban J connectivity index is 1.77. The number of ether oxygens (including phenoxy) is 2. The minimum Gasteiger partial charge on any atom is -0.468 e. The van der Waals surface area contributed by atoms with Crippen molar-refractivity contribution in [1.82, 2.24) is 5.32 Å². The van der Waals surface area contributed by atoms with Crippen LogP contribution in [0.3, 0.4) is 0 Å². The Morgan fingerprint density at radius 2 is 1.76 bits per heavy atom. The maximum absolute atomic E-state index is 13.7. The smallest absolute Gasteiger partial charge is 0.337 e. The Bertz CT molecular complexity index is 1020. The molecule has 0 bridgehead atoms. The third-order valence-corrected chi connectivity index (χ3v) is 7.24. The van der Waals surface area contributed by atoms with Crippen LogP contribution in [0, 0.1) is 11.8 Å². The highest BCUT2D eigenvalue weighted by molar-refractivity contribution is 6.30. The highest BCUT2D eigenvalue weighted by Gasteiger charge is 2.47. The molecule has 1 aromatic rings. The molecule has 0 unspecified atom stereocenters. The van der Waals surface area contributed by atoms with Crippen LogP contribution < -0.4 is 5.32 Å². The van der Waals surface area contributed by atoms with E-state index in [4.69, 9.17) is 21.1 Å². The highest BCUT2D eigenvalue weighted by atomic mass is 35.5. The van der Waals surface area contributed by atoms with Gasteiger partial charge in [-0.1, -0.05) is 37.1 Å². The lowest BCUT2D eigenvalue weighted by Gasteiger charge is -2.38. The number of halogens is 1. The molecule has 4 rings (SSSR count). The summed E-state index contributed by atoms with van der Waals surface area (Å²) in [5, 5.41) is 3.86. The van der Waals surface area contributed by atoms with E-state index in [2.05, 4.69) is 5.32 Å². The molecule has 3 atom stereocenters. The van der Waals surface area contributed by atoms with Gasteiger partial charge in [-0.05, 0) is 62.6 Å². The van der Waals surface area contributed by atoms with Gasteiger partial charge in [-0.25, -0.2) is 4.79 Å². The van der Waals surface area contributed by atoms with Gasteiger partial charge in [-0.2, -0.15) is 0 Å². The third-order valence-electron chi connectivity index (χ3n) is 6.99. The number of carbonyl (C=O) groups is 3. The van der Waals surface area contributed by atoms with Crippen LogP contribution in [0.4, 0.5) is 0 Å². The number of esters is 2. The molecule has 6 nitrogen and oxygen atoms in total. The summed E-state index contributed by atoms with van der Waals surface area (Å²) < 4.78 is 10.9. The topological polar surface area (TPSA) is 81.7 Å². The second-order valence-corrected chi connectivity index (χ2v) is 9.69. The first kappa shape index (κ1) is 23.6. The molecule has 1 aromatic carbocycles. The van der Waals surface area contributed by atoms with E-state index in [9.17, 15) is 14.4 Å². The zero-order valence-electron chi connectivity index (χ0n) is 19.3. The number of hydrogen-bond donors (Lipinski definition) is 1. The van der Waals surface area contributed by atoms with Crippen LogP contribution in [-0.2, 0) is 23.9 Å². The maximum atomic E-state index is 13.7. The quantitative estimate of drug-likeness (QED) is 0.500. The summed E-state index contributed by atoms with van der Waals surface area (Å²) in [5.74, 6) is -3.03. The number of carbonyl (C=O) groups excluding carboxylic acids is 3. The van der Waals surface area contributed by atoms with Gasteiger partial charge in [0.2, 0.25) is 0 Å². The van der Waals surface area contributed by atoms with Gasteiger partial charge in [-0.3, -0.25) is 9.59 Å². The van der Waals surface area contributed by atoms with Crippen molar-refractivity contribution in [3.8, 4) is 0 Å². The van der Waals surface area contributed by atoms with Crippen LogP contribution >= 0.6 is 11.6 Å². The summed E-state index contributed by atoms with van der Waals surface area (Å²) in [6.07, 6.45) is 5.34. The Morgan fingerprint density at radius 1 is 1.09 bits per heavy atom. The number of allylic oxidation sites excluding steroid dienone is 3. The summed E-state index contributed by atoms with van der Waals surface area (Å²) in [7, 11) is 1.29. The molecule has 1 N–H and O–H groups in total. The SMILES string of the molecule is COC(=O)[C@H]1C(=O)C2=C(C[C@@H]1C)NC(C)=C(C(=O)OC1CCCCC1)[C@H]2c1ccc(Cl)cc1. The van der Waals surface area contributed by atoms with Gasteiger partial charge in [0.25, 0.3) is 0 Å². The second-order valence-electron chi connectivity index (χ2n) is 9.25. The minimum atomic E-state index is -0.903. The number of hydrogen-bond acceptors (Lipinski definition) is 6. The standard InChI is InChI=1S/C26H30ClNO5/c1-14-13-19-23(24(29)20(14)25(30)32-3)22(16-9-11-17(27)12-10-16)21(15(2)28-19)26(31)33-18-7-5-4-6-8-18/h9-12,14,18,20,22,28H,4-8,13H2,1-3H3/t14-,20+,22+/m0/s1. The summed E-state index contributed by atoms with van der Waals surface area (Å²) >= 11 is 6.12. The first-order valence-corrected chi connectivity index (χ1v) is 12.0. The largest absolute Gasteiger partial charge is 0.468 e. The lowest BCUT2D eigenvalue weighted by molar-refractivity contribution is -0.151. The van der Waals surface area contributed by atoms with E-state index in [1.807, 2.05) is 26.0 Å². The molecule has 0 aromatic heterocycles. The van der Waals surface area contributed by atoms with Gasteiger partial charge < -0.3 is 14.8 Å². The number of dihydropyridines is 1. The van der Waals surface area contributed by atoms with Gasteiger partial charge in [-0.15, -0.1) is 0 Å². The fourth-order valence-corrected chi connectivity index (χ4v) is 5.46. The molecule has 176 valence electrons. The van der Waals surface area contributed by atoms with E-state index in [1.165, 1.54) is 7.11 Å². The molecule has 1 heterocycles. The number of Topliss-reactive ketones (excluding diaryl/α,β-unsaturated/α-hetero) is 1.